The highest BCUT2D eigenvalue weighted by Crippen LogP contribution is 2.23. The Morgan fingerprint density at radius 3 is 2.50 bits per heavy atom. The minimum atomic E-state index is -0.0865. The maximum Gasteiger partial charge on any atom is 0.265 e. The second-order valence-corrected chi connectivity index (χ2v) is 6.62. The predicted octanol–water partition coefficient (Wildman–Crippen LogP) is 4.57. The molecule has 0 aliphatic carbocycles. The molecule has 3 rings (SSSR count). The number of aromatic nitrogens is 2. The quantitative estimate of drug-likeness (QED) is 0.728. The first-order valence-corrected chi connectivity index (χ1v) is 8.40. The highest BCUT2D eigenvalue weighted by molar-refractivity contribution is 9.10. The molecule has 6 heteroatoms. The fourth-order valence-corrected chi connectivity index (χ4v) is 3.03. The molecule has 0 aliphatic rings. The Balaban J connectivity index is 1.81. The van der Waals surface area contributed by atoms with Gasteiger partial charge in [0.15, 0.2) is 0 Å². The third-order valence-electron chi connectivity index (χ3n) is 3.32. The van der Waals surface area contributed by atoms with Gasteiger partial charge in [-0.25, -0.2) is 4.68 Å². The molecular weight excluding hydrogens is 362 g/mol. The van der Waals surface area contributed by atoms with E-state index in [1.54, 1.807) is 0 Å². The number of nitrogens with one attached hydrogen (secondary N) is 1. The van der Waals surface area contributed by atoms with Gasteiger partial charge in [0.2, 0.25) is 0 Å². The lowest BCUT2D eigenvalue weighted by molar-refractivity contribution is 0.103. The van der Waals surface area contributed by atoms with Crippen molar-refractivity contribution < 1.29 is 4.79 Å². The number of carbonyl (C=O) groups is 1. The summed E-state index contributed by atoms with van der Waals surface area (Å²) in [6.07, 6.45) is 0. The summed E-state index contributed by atoms with van der Waals surface area (Å²) < 4.78 is 2.90. The van der Waals surface area contributed by atoms with Gasteiger partial charge in [0, 0.05) is 5.69 Å². The SMILES string of the molecule is Cc1nn(-c2ccc(NC(=O)c3cccs3)cc2)c(C)c1Br. The number of anilines is 1. The average Bonchev–Trinajstić information content (AvgIpc) is 3.13. The molecule has 0 saturated carbocycles. The maximum absolute atomic E-state index is 12.0. The van der Waals surface area contributed by atoms with Crippen molar-refractivity contribution in [3.63, 3.8) is 0 Å². The summed E-state index contributed by atoms with van der Waals surface area (Å²) in [6.45, 7) is 3.97. The van der Waals surface area contributed by atoms with Crippen molar-refractivity contribution >= 4 is 38.9 Å². The van der Waals surface area contributed by atoms with E-state index in [2.05, 4.69) is 26.3 Å². The molecule has 0 atom stereocenters. The molecule has 2 heterocycles. The van der Waals surface area contributed by atoms with E-state index in [0.717, 1.165) is 27.2 Å². The maximum atomic E-state index is 12.0. The minimum Gasteiger partial charge on any atom is -0.321 e. The number of benzene rings is 1. The van der Waals surface area contributed by atoms with Crippen molar-refractivity contribution in [3.05, 3.63) is 62.5 Å². The first-order valence-electron chi connectivity index (χ1n) is 6.73. The summed E-state index contributed by atoms with van der Waals surface area (Å²) in [5.41, 5.74) is 3.73. The van der Waals surface area contributed by atoms with Gasteiger partial charge in [-0.15, -0.1) is 11.3 Å². The normalized spacial score (nSPS) is 10.7. The Hall–Kier alpha value is -1.92. The Kier molecular flexibility index (Phi) is 4.13. The number of carbonyl (C=O) groups excluding carboxylic acids is 1. The number of thiophene rings is 1. The molecule has 1 aromatic carbocycles. The van der Waals surface area contributed by atoms with Crippen LogP contribution in [0.3, 0.4) is 0 Å². The van der Waals surface area contributed by atoms with Crippen LogP contribution < -0.4 is 5.32 Å². The topological polar surface area (TPSA) is 46.9 Å². The van der Waals surface area contributed by atoms with E-state index in [1.165, 1.54) is 11.3 Å². The third kappa shape index (κ3) is 2.84. The van der Waals surface area contributed by atoms with Crippen LogP contribution in [-0.4, -0.2) is 15.7 Å². The van der Waals surface area contributed by atoms with E-state index in [9.17, 15) is 4.79 Å². The van der Waals surface area contributed by atoms with Gasteiger partial charge in [-0.05, 0) is 65.5 Å². The second-order valence-electron chi connectivity index (χ2n) is 4.87. The van der Waals surface area contributed by atoms with Crippen LogP contribution in [0.4, 0.5) is 5.69 Å². The summed E-state index contributed by atoms with van der Waals surface area (Å²) in [4.78, 5) is 12.7. The van der Waals surface area contributed by atoms with E-state index in [0.29, 0.717) is 4.88 Å². The van der Waals surface area contributed by atoms with Crippen molar-refractivity contribution in [2.24, 2.45) is 0 Å². The second kappa shape index (κ2) is 6.06. The molecule has 4 nitrogen and oxygen atoms in total. The molecule has 112 valence electrons. The molecule has 2 aromatic heterocycles. The van der Waals surface area contributed by atoms with Gasteiger partial charge in [-0.1, -0.05) is 6.07 Å². The highest BCUT2D eigenvalue weighted by atomic mass is 79.9. The zero-order valence-corrected chi connectivity index (χ0v) is 14.5. The Morgan fingerprint density at radius 1 is 1.23 bits per heavy atom. The average molecular weight is 376 g/mol. The molecule has 0 radical (unpaired) electrons. The number of hydrogen-bond donors (Lipinski definition) is 1. The molecule has 1 N–H and O–H groups in total. The van der Waals surface area contributed by atoms with E-state index >= 15 is 0 Å². The lowest BCUT2D eigenvalue weighted by Crippen LogP contribution is -2.10. The zero-order valence-electron chi connectivity index (χ0n) is 12.1. The van der Waals surface area contributed by atoms with Crippen LogP contribution in [-0.2, 0) is 0 Å². The largest absolute Gasteiger partial charge is 0.321 e. The first kappa shape index (κ1) is 15.0. The van der Waals surface area contributed by atoms with Gasteiger partial charge in [0.05, 0.1) is 26.4 Å². The number of amides is 1. The van der Waals surface area contributed by atoms with Crippen LogP contribution in [0.2, 0.25) is 0 Å². The number of hydrogen-bond acceptors (Lipinski definition) is 3. The molecule has 0 bridgehead atoms. The van der Waals surface area contributed by atoms with Crippen LogP contribution >= 0.6 is 27.3 Å². The summed E-state index contributed by atoms with van der Waals surface area (Å²) in [5, 5.41) is 9.27. The smallest absolute Gasteiger partial charge is 0.265 e. The molecule has 3 aromatic rings. The molecule has 0 unspecified atom stereocenters. The van der Waals surface area contributed by atoms with Crippen LogP contribution in [0.1, 0.15) is 21.1 Å². The summed E-state index contributed by atoms with van der Waals surface area (Å²) in [5.74, 6) is -0.0865. The number of nitrogens with zero attached hydrogens (tertiary/aromatic N) is 2. The van der Waals surface area contributed by atoms with Gasteiger partial charge >= 0.3 is 0 Å². The number of halogens is 1. The molecule has 1 amide bonds. The monoisotopic (exact) mass is 375 g/mol. The van der Waals surface area contributed by atoms with Gasteiger partial charge in [-0.2, -0.15) is 5.10 Å². The number of aryl methyl sites for hydroxylation is 1. The van der Waals surface area contributed by atoms with Crippen LogP contribution in [0.5, 0.6) is 0 Å². The van der Waals surface area contributed by atoms with Crippen molar-refractivity contribution in [1.82, 2.24) is 9.78 Å². The summed E-state index contributed by atoms with van der Waals surface area (Å²) in [7, 11) is 0. The summed E-state index contributed by atoms with van der Waals surface area (Å²) in [6, 6.07) is 11.3. The van der Waals surface area contributed by atoms with E-state index in [1.807, 2.05) is 60.3 Å². The molecule has 22 heavy (non-hydrogen) atoms. The predicted molar refractivity (Wildman–Crippen MR) is 93.0 cm³/mol. The van der Waals surface area contributed by atoms with Gasteiger partial charge < -0.3 is 5.32 Å². The van der Waals surface area contributed by atoms with Gasteiger partial charge in [0.25, 0.3) is 5.91 Å². The first-order chi connectivity index (χ1) is 10.6. The Bertz CT molecular complexity index is 807. The fourth-order valence-electron chi connectivity index (χ4n) is 2.16. The lowest BCUT2D eigenvalue weighted by Gasteiger charge is -2.07. The number of rotatable bonds is 3. The van der Waals surface area contributed by atoms with Crippen LogP contribution in [0, 0.1) is 13.8 Å². The molecule has 0 fully saturated rings. The highest BCUT2D eigenvalue weighted by Gasteiger charge is 2.11. The minimum absolute atomic E-state index is 0.0865. The Labute approximate surface area is 140 Å². The van der Waals surface area contributed by atoms with Crippen molar-refractivity contribution in [2.75, 3.05) is 5.32 Å². The van der Waals surface area contributed by atoms with Crippen LogP contribution in [0.15, 0.2) is 46.3 Å². The Morgan fingerprint density at radius 2 is 1.95 bits per heavy atom. The van der Waals surface area contributed by atoms with Gasteiger partial charge in [0.1, 0.15) is 0 Å². The molecule has 0 saturated heterocycles. The standard InChI is InChI=1S/C16H14BrN3OS/c1-10-15(17)11(2)20(19-10)13-7-5-12(6-8-13)18-16(21)14-4-3-9-22-14/h3-9H,1-2H3,(H,18,21). The summed E-state index contributed by atoms with van der Waals surface area (Å²) >= 11 is 4.95. The van der Waals surface area contributed by atoms with Crippen molar-refractivity contribution in [3.8, 4) is 5.69 Å². The molecule has 0 spiro atoms. The van der Waals surface area contributed by atoms with Crippen LogP contribution in [0.25, 0.3) is 5.69 Å². The van der Waals surface area contributed by atoms with Crippen molar-refractivity contribution in [1.29, 1.82) is 0 Å². The van der Waals surface area contributed by atoms with Gasteiger partial charge in [-0.3, -0.25) is 4.79 Å². The fraction of sp³-hybridized carbons (Fsp3) is 0.125. The molecule has 0 aliphatic heterocycles. The van der Waals surface area contributed by atoms with E-state index in [4.69, 9.17) is 0 Å². The molecular formula is C16H14BrN3OS. The lowest BCUT2D eigenvalue weighted by atomic mass is 10.2. The van der Waals surface area contributed by atoms with E-state index < -0.39 is 0 Å². The third-order valence-corrected chi connectivity index (χ3v) is 5.33. The van der Waals surface area contributed by atoms with E-state index in [-0.39, 0.29) is 5.91 Å². The van der Waals surface area contributed by atoms with Crippen molar-refractivity contribution in [2.45, 2.75) is 13.8 Å². The zero-order chi connectivity index (χ0) is 15.7.